The third-order valence-electron chi connectivity index (χ3n) is 5.27. The number of hydrogen-bond acceptors (Lipinski definition) is 4. The van der Waals surface area contributed by atoms with Crippen molar-refractivity contribution in [2.45, 2.75) is 83.4 Å². The maximum absolute atomic E-state index is 9.67. The van der Waals surface area contributed by atoms with Crippen molar-refractivity contribution in [3.05, 3.63) is 35.4 Å². The van der Waals surface area contributed by atoms with E-state index in [1.807, 2.05) is 0 Å². The molecule has 0 radical (unpaired) electrons. The van der Waals surface area contributed by atoms with Crippen molar-refractivity contribution in [3.8, 4) is 0 Å². The van der Waals surface area contributed by atoms with Gasteiger partial charge in [-0.15, -0.1) is 0 Å². The molecule has 2 aliphatic rings. The Morgan fingerprint density at radius 1 is 1.12 bits per heavy atom. The molecule has 0 atom stereocenters. The highest BCUT2D eigenvalue weighted by atomic mass is 16.5. The molecular weight excluding hydrogens is 312 g/mol. The highest BCUT2D eigenvalue weighted by Gasteiger charge is 2.32. The predicted octanol–water partition coefficient (Wildman–Crippen LogP) is 3.08. The van der Waals surface area contributed by atoms with E-state index >= 15 is 0 Å². The fourth-order valence-electron chi connectivity index (χ4n) is 3.79. The van der Waals surface area contributed by atoms with Crippen molar-refractivity contribution in [3.63, 3.8) is 0 Å². The summed E-state index contributed by atoms with van der Waals surface area (Å²) < 4.78 is 6.02. The molecule has 0 bridgehead atoms. The van der Waals surface area contributed by atoms with Gasteiger partial charge in [-0.25, -0.2) is 0 Å². The van der Waals surface area contributed by atoms with Crippen LogP contribution in [0.4, 0.5) is 0 Å². The molecule has 3 rings (SSSR count). The van der Waals surface area contributed by atoms with Crippen LogP contribution in [0.25, 0.3) is 0 Å². The molecule has 4 heteroatoms. The second-order valence-electron chi connectivity index (χ2n) is 8.68. The zero-order chi connectivity index (χ0) is 17.9. The molecule has 1 aliphatic heterocycles. The van der Waals surface area contributed by atoms with Crippen molar-refractivity contribution in [1.82, 2.24) is 10.2 Å². The van der Waals surface area contributed by atoms with Crippen LogP contribution in [0.15, 0.2) is 24.3 Å². The first-order valence-electron chi connectivity index (χ1n) is 9.77. The lowest BCUT2D eigenvalue weighted by atomic mass is 9.88. The third-order valence-corrected chi connectivity index (χ3v) is 5.27. The van der Waals surface area contributed by atoms with Crippen molar-refractivity contribution < 1.29 is 9.84 Å². The summed E-state index contributed by atoms with van der Waals surface area (Å²) in [5, 5.41) is 13.4. The highest BCUT2D eigenvalue weighted by Crippen LogP contribution is 2.28. The second kappa shape index (κ2) is 8.17. The van der Waals surface area contributed by atoms with E-state index in [2.05, 4.69) is 55.3 Å². The van der Waals surface area contributed by atoms with Crippen molar-refractivity contribution in [1.29, 1.82) is 0 Å². The molecule has 1 aromatic rings. The van der Waals surface area contributed by atoms with Gasteiger partial charge in [0.05, 0.1) is 17.8 Å². The van der Waals surface area contributed by atoms with Gasteiger partial charge < -0.3 is 15.2 Å². The molecule has 0 amide bonds. The van der Waals surface area contributed by atoms with E-state index < -0.39 is 0 Å². The Morgan fingerprint density at radius 3 is 2.40 bits per heavy atom. The van der Waals surface area contributed by atoms with Crippen LogP contribution in [0.1, 0.15) is 57.6 Å². The highest BCUT2D eigenvalue weighted by molar-refractivity contribution is 5.27. The molecule has 1 saturated carbocycles. The molecule has 4 nitrogen and oxygen atoms in total. The SMILES string of the molecule is CC(C)(C)OC1CC(NCc2ccccc2CN2CCC(O)CC2)C1. The van der Waals surface area contributed by atoms with E-state index in [0.717, 1.165) is 51.9 Å². The van der Waals surface area contributed by atoms with Crippen molar-refractivity contribution in [2.24, 2.45) is 0 Å². The quantitative estimate of drug-likeness (QED) is 0.831. The minimum absolute atomic E-state index is 0.0374. The van der Waals surface area contributed by atoms with Gasteiger partial charge in [0.15, 0.2) is 0 Å². The topological polar surface area (TPSA) is 44.7 Å². The summed E-state index contributed by atoms with van der Waals surface area (Å²) in [7, 11) is 0. The van der Waals surface area contributed by atoms with Crippen LogP contribution >= 0.6 is 0 Å². The van der Waals surface area contributed by atoms with Crippen LogP contribution in [0, 0.1) is 0 Å². The lowest BCUT2D eigenvalue weighted by Gasteiger charge is -2.40. The van der Waals surface area contributed by atoms with Crippen LogP contribution in [0.5, 0.6) is 0 Å². The Morgan fingerprint density at radius 2 is 1.76 bits per heavy atom. The van der Waals surface area contributed by atoms with E-state index in [-0.39, 0.29) is 11.7 Å². The minimum atomic E-state index is -0.102. The molecule has 0 spiro atoms. The number of piperidine rings is 1. The van der Waals surface area contributed by atoms with Crippen molar-refractivity contribution >= 4 is 0 Å². The van der Waals surface area contributed by atoms with Crippen LogP contribution < -0.4 is 5.32 Å². The van der Waals surface area contributed by atoms with Crippen molar-refractivity contribution in [2.75, 3.05) is 13.1 Å². The van der Waals surface area contributed by atoms with E-state index in [9.17, 15) is 5.11 Å². The van der Waals surface area contributed by atoms with E-state index in [0.29, 0.717) is 12.1 Å². The zero-order valence-electron chi connectivity index (χ0n) is 16.0. The van der Waals surface area contributed by atoms with Gasteiger partial charge in [-0.1, -0.05) is 24.3 Å². The van der Waals surface area contributed by atoms with Crippen LogP contribution in [-0.4, -0.2) is 46.9 Å². The number of hydrogen-bond donors (Lipinski definition) is 2. The summed E-state index contributed by atoms with van der Waals surface area (Å²) >= 11 is 0. The normalized spacial score (nSPS) is 25.8. The Bertz CT molecular complexity index is 541. The average Bonchev–Trinajstić information content (AvgIpc) is 2.52. The maximum atomic E-state index is 9.67. The molecule has 140 valence electrons. The summed E-state index contributed by atoms with van der Waals surface area (Å²) in [6.07, 6.45) is 4.34. The summed E-state index contributed by atoms with van der Waals surface area (Å²) in [6.45, 7) is 10.3. The molecule has 2 fully saturated rings. The Hall–Kier alpha value is -0.940. The van der Waals surface area contributed by atoms with Gasteiger partial charge in [-0.05, 0) is 57.6 Å². The molecule has 2 N–H and O–H groups in total. The van der Waals surface area contributed by atoms with Gasteiger partial charge in [0.2, 0.25) is 0 Å². The maximum Gasteiger partial charge on any atom is 0.0612 e. The Labute approximate surface area is 152 Å². The smallest absolute Gasteiger partial charge is 0.0612 e. The number of aliphatic hydroxyl groups is 1. The van der Waals surface area contributed by atoms with E-state index in [4.69, 9.17) is 4.74 Å². The van der Waals surface area contributed by atoms with Gasteiger partial charge in [-0.3, -0.25) is 4.90 Å². The molecule has 0 unspecified atom stereocenters. The number of likely N-dealkylation sites (tertiary alicyclic amines) is 1. The predicted molar refractivity (Wildman–Crippen MR) is 101 cm³/mol. The first-order valence-corrected chi connectivity index (χ1v) is 9.77. The number of rotatable bonds is 6. The first kappa shape index (κ1) is 18.8. The summed E-state index contributed by atoms with van der Waals surface area (Å²) in [6, 6.07) is 9.32. The number of ether oxygens (including phenoxy) is 1. The fraction of sp³-hybridized carbons (Fsp3) is 0.714. The molecule has 0 aromatic heterocycles. The Kier molecular flexibility index (Phi) is 6.16. The zero-order valence-corrected chi connectivity index (χ0v) is 16.0. The number of benzene rings is 1. The Balaban J connectivity index is 1.46. The molecular formula is C21H34N2O2. The standard InChI is InChI=1S/C21H34N2O2/c1-21(2,3)25-20-12-18(13-20)22-14-16-6-4-5-7-17(16)15-23-10-8-19(24)9-11-23/h4-7,18-20,22,24H,8-15H2,1-3H3. The third kappa shape index (κ3) is 5.78. The molecule has 1 aromatic carbocycles. The van der Waals surface area contributed by atoms with Gasteiger partial charge in [0, 0.05) is 32.2 Å². The molecule has 1 aliphatic carbocycles. The van der Waals surface area contributed by atoms with Gasteiger partial charge in [-0.2, -0.15) is 0 Å². The fourth-order valence-corrected chi connectivity index (χ4v) is 3.79. The molecule has 25 heavy (non-hydrogen) atoms. The number of nitrogens with one attached hydrogen (secondary N) is 1. The van der Waals surface area contributed by atoms with E-state index in [1.54, 1.807) is 0 Å². The lowest BCUT2D eigenvalue weighted by Crippen LogP contribution is -2.47. The summed E-state index contributed by atoms with van der Waals surface area (Å²) in [4.78, 5) is 2.46. The van der Waals surface area contributed by atoms with Gasteiger partial charge in [0.25, 0.3) is 0 Å². The van der Waals surface area contributed by atoms with Crippen LogP contribution in [0.3, 0.4) is 0 Å². The lowest BCUT2D eigenvalue weighted by molar-refractivity contribution is -0.102. The molecule has 1 saturated heterocycles. The summed E-state index contributed by atoms with van der Waals surface area (Å²) in [5.41, 5.74) is 2.77. The monoisotopic (exact) mass is 346 g/mol. The second-order valence-corrected chi connectivity index (χ2v) is 8.68. The minimum Gasteiger partial charge on any atom is -0.393 e. The van der Waals surface area contributed by atoms with Crippen LogP contribution in [-0.2, 0) is 17.8 Å². The number of nitrogens with zero attached hydrogens (tertiary/aromatic N) is 1. The van der Waals surface area contributed by atoms with E-state index in [1.165, 1.54) is 11.1 Å². The molecule has 1 heterocycles. The number of aliphatic hydroxyl groups excluding tert-OH is 1. The largest absolute Gasteiger partial charge is 0.393 e. The summed E-state index contributed by atoms with van der Waals surface area (Å²) in [5.74, 6) is 0. The van der Waals surface area contributed by atoms with Gasteiger partial charge >= 0.3 is 0 Å². The van der Waals surface area contributed by atoms with Gasteiger partial charge in [0.1, 0.15) is 0 Å². The first-order chi connectivity index (χ1) is 11.9. The van der Waals surface area contributed by atoms with Crippen LogP contribution in [0.2, 0.25) is 0 Å². The average molecular weight is 347 g/mol.